The molecule has 0 saturated heterocycles. The van der Waals surface area contributed by atoms with Gasteiger partial charge in [0.2, 0.25) is 0 Å². The molecule has 1 aromatic rings. The standard InChI is InChI=1S/C12H15N.O3S/c1-3-6-10-8-5-9-12(13)11(10)7-4-2;1-4(2)3/h3-5,8-9H,1-2,6-7,13H2;. The molecular weight excluding hydrogens is 238 g/mol. The summed E-state index contributed by atoms with van der Waals surface area (Å²) in [6.07, 6.45) is 5.46. The maximum Gasteiger partial charge on any atom is 0.425 e. The summed E-state index contributed by atoms with van der Waals surface area (Å²) in [5.74, 6) is 0. The van der Waals surface area contributed by atoms with Crippen LogP contribution in [0, 0.1) is 0 Å². The number of benzene rings is 1. The third-order valence-electron chi connectivity index (χ3n) is 2.02. The second-order valence-electron chi connectivity index (χ2n) is 3.17. The zero-order valence-electron chi connectivity index (χ0n) is 9.43. The van der Waals surface area contributed by atoms with Gasteiger partial charge in [-0.05, 0) is 30.0 Å². The third-order valence-corrected chi connectivity index (χ3v) is 2.02. The van der Waals surface area contributed by atoms with E-state index in [1.54, 1.807) is 0 Å². The molecule has 0 heterocycles. The third kappa shape index (κ3) is 6.32. The molecule has 0 atom stereocenters. The molecule has 2 N–H and O–H groups in total. The van der Waals surface area contributed by atoms with Crippen LogP contribution in [-0.4, -0.2) is 12.6 Å². The van der Waals surface area contributed by atoms with Crippen molar-refractivity contribution in [3.63, 3.8) is 0 Å². The van der Waals surface area contributed by atoms with E-state index in [1.807, 2.05) is 24.3 Å². The van der Waals surface area contributed by atoms with Crippen molar-refractivity contribution < 1.29 is 12.6 Å². The molecule has 1 aromatic carbocycles. The first-order valence-corrected chi connectivity index (χ1v) is 5.87. The minimum atomic E-state index is -3.11. The topological polar surface area (TPSA) is 77.2 Å². The molecule has 0 aliphatic rings. The van der Waals surface area contributed by atoms with Crippen LogP contribution in [0.5, 0.6) is 0 Å². The van der Waals surface area contributed by atoms with Crippen LogP contribution in [0.2, 0.25) is 0 Å². The Hall–Kier alpha value is -1.88. The Balaban J connectivity index is 0.000000557. The van der Waals surface area contributed by atoms with Crippen molar-refractivity contribution in [3.8, 4) is 0 Å². The van der Waals surface area contributed by atoms with Crippen LogP contribution in [-0.2, 0) is 23.5 Å². The molecule has 5 heteroatoms. The van der Waals surface area contributed by atoms with Gasteiger partial charge in [-0.2, -0.15) is 0 Å². The summed E-state index contributed by atoms with van der Waals surface area (Å²) in [5, 5.41) is 0. The highest BCUT2D eigenvalue weighted by Gasteiger charge is 2.02. The van der Waals surface area contributed by atoms with Gasteiger partial charge in [-0.25, -0.2) is 0 Å². The van der Waals surface area contributed by atoms with Crippen molar-refractivity contribution in [1.29, 1.82) is 0 Å². The predicted octanol–water partition coefficient (Wildman–Crippen LogP) is 1.72. The van der Waals surface area contributed by atoms with Crippen molar-refractivity contribution in [3.05, 3.63) is 54.6 Å². The molecule has 0 fully saturated rings. The van der Waals surface area contributed by atoms with Gasteiger partial charge in [0.15, 0.2) is 0 Å². The van der Waals surface area contributed by atoms with Crippen LogP contribution < -0.4 is 5.73 Å². The second kappa shape index (κ2) is 8.29. The van der Waals surface area contributed by atoms with Gasteiger partial charge in [-0.3, -0.25) is 0 Å². The lowest BCUT2D eigenvalue weighted by Crippen LogP contribution is -1.98. The van der Waals surface area contributed by atoms with E-state index < -0.39 is 10.6 Å². The molecule has 0 saturated carbocycles. The smallest absolute Gasteiger partial charge is 0.398 e. The van der Waals surface area contributed by atoms with Gasteiger partial charge >= 0.3 is 10.6 Å². The van der Waals surface area contributed by atoms with E-state index in [2.05, 4.69) is 19.2 Å². The molecule has 0 spiro atoms. The van der Waals surface area contributed by atoms with Crippen LogP contribution in [0.25, 0.3) is 0 Å². The summed E-state index contributed by atoms with van der Waals surface area (Å²) < 4.78 is 25.3. The van der Waals surface area contributed by atoms with Crippen LogP contribution >= 0.6 is 0 Å². The lowest BCUT2D eigenvalue weighted by molar-refractivity contribution is 0.559. The van der Waals surface area contributed by atoms with Crippen LogP contribution in [0.1, 0.15) is 11.1 Å². The minimum absolute atomic E-state index is 0.829. The Morgan fingerprint density at radius 2 is 1.65 bits per heavy atom. The summed E-state index contributed by atoms with van der Waals surface area (Å²) in [5.41, 5.74) is 9.13. The summed E-state index contributed by atoms with van der Waals surface area (Å²) in [7, 11) is -3.11. The Morgan fingerprint density at radius 1 is 1.12 bits per heavy atom. The van der Waals surface area contributed by atoms with E-state index in [-0.39, 0.29) is 0 Å². The molecule has 0 aliphatic carbocycles. The summed E-state index contributed by atoms with van der Waals surface area (Å²) in [4.78, 5) is 0. The first kappa shape index (κ1) is 15.1. The molecular formula is C12H15NO3S. The molecule has 1 rings (SSSR count). The Labute approximate surface area is 103 Å². The maximum absolute atomic E-state index is 8.44. The van der Waals surface area contributed by atoms with Gasteiger partial charge in [0.1, 0.15) is 0 Å². The molecule has 0 aliphatic heterocycles. The molecule has 92 valence electrons. The fourth-order valence-corrected chi connectivity index (χ4v) is 1.39. The average Bonchev–Trinajstić information content (AvgIpc) is 2.23. The van der Waals surface area contributed by atoms with Gasteiger partial charge in [0.25, 0.3) is 0 Å². The first-order chi connectivity index (χ1) is 8.02. The number of rotatable bonds is 4. The first-order valence-electron chi connectivity index (χ1n) is 4.87. The predicted molar refractivity (Wildman–Crippen MR) is 68.4 cm³/mol. The van der Waals surface area contributed by atoms with Gasteiger partial charge in [-0.15, -0.1) is 25.8 Å². The van der Waals surface area contributed by atoms with E-state index >= 15 is 0 Å². The molecule has 0 bridgehead atoms. The lowest BCUT2D eigenvalue weighted by Gasteiger charge is -2.08. The minimum Gasteiger partial charge on any atom is -0.398 e. The van der Waals surface area contributed by atoms with Crippen molar-refractivity contribution in [2.45, 2.75) is 12.8 Å². The number of nitrogens with two attached hydrogens (primary N) is 1. The largest absolute Gasteiger partial charge is 0.425 e. The van der Waals surface area contributed by atoms with Crippen LogP contribution in [0.3, 0.4) is 0 Å². The Kier molecular flexibility index (Phi) is 7.38. The SMILES string of the molecule is C=CCc1cccc(N)c1CC=C.O=S(=O)=O. The molecule has 0 amide bonds. The number of hydrogen-bond donors (Lipinski definition) is 1. The van der Waals surface area contributed by atoms with E-state index in [1.165, 1.54) is 11.1 Å². The van der Waals surface area contributed by atoms with Gasteiger partial charge < -0.3 is 5.73 Å². The molecule has 4 nitrogen and oxygen atoms in total. The Morgan fingerprint density at radius 3 is 2.12 bits per heavy atom. The van der Waals surface area contributed by atoms with E-state index in [9.17, 15) is 0 Å². The quantitative estimate of drug-likeness (QED) is 0.654. The number of hydrogen-bond acceptors (Lipinski definition) is 4. The monoisotopic (exact) mass is 253 g/mol. The van der Waals surface area contributed by atoms with E-state index in [0.29, 0.717) is 0 Å². The maximum atomic E-state index is 8.44. The molecule has 0 radical (unpaired) electrons. The second-order valence-corrected chi connectivity index (χ2v) is 3.58. The van der Waals surface area contributed by atoms with Gasteiger partial charge in [0, 0.05) is 5.69 Å². The van der Waals surface area contributed by atoms with Crippen molar-refractivity contribution >= 4 is 16.3 Å². The zero-order valence-corrected chi connectivity index (χ0v) is 10.2. The van der Waals surface area contributed by atoms with Crippen molar-refractivity contribution in [2.75, 3.05) is 5.73 Å². The van der Waals surface area contributed by atoms with E-state index in [0.717, 1.165) is 18.5 Å². The van der Waals surface area contributed by atoms with E-state index in [4.69, 9.17) is 18.4 Å². The summed E-state index contributed by atoms with van der Waals surface area (Å²) in [6, 6.07) is 5.98. The normalized spacial score (nSPS) is 8.71. The lowest BCUT2D eigenvalue weighted by atomic mass is 10.00. The fourth-order valence-electron chi connectivity index (χ4n) is 1.39. The summed E-state index contributed by atoms with van der Waals surface area (Å²) >= 11 is 0. The highest BCUT2D eigenvalue weighted by atomic mass is 32.2. The Bertz CT molecular complexity index is 485. The number of allylic oxidation sites excluding steroid dienone is 2. The van der Waals surface area contributed by atoms with Crippen molar-refractivity contribution in [1.82, 2.24) is 0 Å². The van der Waals surface area contributed by atoms with Crippen LogP contribution in [0.15, 0.2) is 43.5 Å². The van der Waals surface area contributed by atoms with Gasteiger partial charge in [-0.1, -0.05) is 24.3 Å². The zero-order chi connectivity index (χ0) is 13.3. The average molecular weight is 253 g/mol. The molecule has 17 heavy (non-hydrogen) atoms. The highest BCUT2D eigenvalue weighted by molar-refractivity contribution is 7.59. The molecule has 0 aromatic heterocycles. The highest BCUT2D eigenvalue weighted by Crippen LogP contribution is 2.18. The fraction of sp³-hybridized carbons (Fsp3) is 0.167. The van der Waals surface area contributed by atoms with Crippen molar-refractivity contribution in [2.24, 2.45) is 0 Å². The summed E-state index contributed by atoms with van der Waals surface area (Å²) in [6.45, 7) is 7.44. The van der Waals surface area contributed by atoms with Gasteiger partial charge in [0.05, 0.1) is 0 Å². The van der Waals surface area contributed by atoms with Crippen LogP contribution in [0.4, 0.5) is 5.69 Å². The number of anilines is 1. The number of nitrogen functional groups attached to an aromatic ring is 1. The molecule has 0 unspecified atom stereocenters.